The van der Waals surface area contributed by atoms with Gasteiger partial charge >= 0.3 is 0 Å². The Bertz CT molecular complexity index is 746. The van der Waals surface area contributed by atoms with Gasteiger partial charge in [-0.25, -0.2) is 4.98 Å². The fourth-order valence-electron chi connectivity index (χ4n) is 4.53. The number of nitrogens with zero attached hydrogens (tertiary/aromatic N) is 4. The van der Waals surface area contributed by atoms with Crippen LogP contribution in [0.2, 0.25) is 0 Å². The van der Waals surface area contributed by atoms with Crippen LogP contribution < -0.4 is 4.74 Å². The first kappa shape index (κ1) is 22.0. The maximum absolute atomic E-state index is 13.1. The molecule has 2 amide bonds. The second kappa shape index (κ2) is 10.4. The molecule has 0 spiro atoms. The van der Waals surface area contributed by atoms with E-state index in [0.29, 0.717) is 18.0 Å². The summed E-state index contributed by atoms with van der Waals surface area (Å²) in [5.41, 5.74) is 0.564. The zero-order valence-corrected chi connectivity index (χ0v) is 18.5. The van der Waals surface area contributed by atoms with Gasteiger partial charge in [0, 0.05) is 63.5 Å². The molecule has 3 heterocycles. The largest absolute Gasteiger partial charge is 0.481 e. The minimum Gasteiger partial charge on any atom is -0.481 e. The molecule has 1 aromatic rings. The highest BCUT2D eigenvalue weighted by Gasteiger charge is 2.38. The van der Waals surface area contributed by atoms with Gasteiger partial charge in [-0.1, -0.05) is 0 Å². The normalized spacial score (nSPS) is 22.2. The Morgan fingerprint density at radius 2 is 2.00 bits per heavy atom. The average molecular weight is 431 g/mol. The van der Waals surface area contributed by atoms with Crippen LogP contribution in [-0.4, -0.2) is 97.1 Å². The number of hydrogen-bond acceptors (Lipinski definition) is 6. The number of rotatable bonds is 8. The van der Waals surface area contributed by atoms with E-state index in [9.17, 15) is 9.59 Å². The van der Waals surface area contributed by atoms with Gasteiger partial charge in [-0.2, -0.15) is 0 Å². The highest BCUT2D eigenvalue weighted by Crippen LogP contribution is 2.33. The van der Waals surface area contributed by atoms with Gasteiger partial charge in [-0.3, -0.25) is 14.5 Å². The standard InChI is InChI=1S/C23H34N4O4/c1-30-21-8-7-19(16-24-21)22(28)26-10-2-4-20(17-26)27(23(29)18-5-6-18)11-3-9-25-12-14-31-15-13-25/h7-8,16,18,20H,2-6,9-15,17H2,1H3. The summed E-state index contributed by atoms with van der Waals surface area (Å²) in [5, 5.41) is 0. The number of carbonyl (C=O) groups excluding carboxylic acids is 2. The molecule has 2 saturated heterocycles. The molecule has 1 atom stereocenters. The first-order valence-corrected chi connectivity index (χ1v) is 11.6. The quantitative estimate of drug-likeness (QED) is 0.624. The number of amides is 2. The molecule has 8 heteroatoms. The first-order valence-electron chi connectivity index (χ1n) is 11.6. The lowest BCUT2D eigenvalue weighted by molar-refractivity contribution is -0.136. The molecule has 3 fully saturated rings. The monoisotopic (exact) mass is 430 g/mol. The number of piperidine rings is 1. The van der Waals surface area contributed by atoms with Crippen LogP contribution in [0.15, 0.2) is 18.3 Å². The Balaban J connectivity index is 1.37. The van der Waals surface area contributed by atoms with Crippen molar-refractivity contribution in [1.82, 2.24) is 19.7 Å². The molecule has 0 N–H and O–H groups in total. The predicted molar refractivity (Wildman–Crippen MR) is 116 cm³/mol. The molecule has 170 valence electrons. The summed E-state index contributed by atoms with van der Waals surface area (Å²) in [6.45, 7) is 6.61. The van der Waals surface area contributed by atoms with Crippen molar-refractivity contribution >= 4 is 11.8 Å². The third-order valence-corrected chi connectivity index (χ3v) is 6.50. The molecule has 3 aliphatic rings. The molecule has 1 unspecified atom stereocenters. The summed E-state index contributed by atoms with van der Waals surface area (Å²) in [6, 6.07) is 3.57. The van der Waals surface area contributed by atoms with Gasteiger partial charge in [0.2, 0.25) is 11.8 Å². The minimum absolute atomic E-state index is 0.0213. The Hall–Kier alpha value is -2.19. The number of hydrogen-bond donors (Lipinski definition) is 0. The van der Waals surface area contributed by atoms with Crippen LogP contribution in [0.5, 0.6) is 5.88 Å². The molecule has 8 nitrogen and oxygen atoms in total. The van der Waals surface area contributed by atoms with Crippen LogP contribution in [0.4, 0.5) is 0 Å². The fraction of sp³-hybridized carbons (Fsp3) is 0.696. The SMILES string of the molecule is COc1ccc(C(=O)N2CCCC(N(CCCN3CCOCC3)C(=O)C3CC3)C2)cn1. The van der Waals surface area contributed by atoms with Crippen LogP contribution in [0.3, 0.4) is 0 Å². The minimum atomic E-state index is -0.0213. The van der Waals surface area contributed by atoms with E-state index in [4.69, 9.17) is 9.47 Å². The van der Waals surface area contributed by atoms with E-state index < -0.39 is 0 Å². The summed E-state index contributed by atoms with van der Waals surface area (Å²) in [7, 11) is 1.56. The molecule has 1 saturated carbocycles. The second-order valence-corrected chi connectivity index (χ2v) is 8.75. The van der Waals surface area contributed by atoms with Crippen LogP contribution in [0.25, 0.3) is 0 Å². The molecule has 1 aromatic heterocycles. The maximum atomic E-state index is 13.1. The summed E-state index contributed by atoms with van der Waals surface area (Å²) in [6.07, 6.45) is 6.42. The third kappa shape index (κ3) is 5.74. The molecule has 4 rings (SSSR count). The molecule has 2 aliphatic heterocycles. The van der Waals surface area contributed by atoms with Crippen LogP contribution >= 0.6 is 0 Å². The number of ether oxygens (including phenoxy) is 2. The van der Waals surface area contributed by atoms with Crippen molar-refractivity contribution < 1.29 is 19.1 Å². The molecule has 0 bridgehead atoms. The summed E-state index contributed by atoms with van der Waals surface area (Å²) in [5.74, 6) is 0.953. The Labute approximate surface area is 184 Å². The number of morpholine rings is 1. The zero-order chi connectivity index (χ0) is 21.6. The lowest BCUT2D eigenvalue weighted by Crippen LogP contribution is -2.52. The highest BCUT2D eigenvalue weighted by molar-refractivity contribution is 5.94. The third-order valence-electron chi connectivity index (χ3n) is 6.50. The van der Waals surface area contributed by atoms with E-state index in [1.807, 2.05) is 4.90 Å². The van der Waals surface area contributed by atoms with Crippen molar-refractivity contribution in [2.45, 2.75) is 38.1 Å². The Morgan fingerprint density at radius 3 is 2.68 bits per heavy atom. The van der Waals surface area contributed by atoms with E-state index in [1.165, 1.54) is 0 Å². The van der Waals surface area contributed by atoms with E-state index >= 15 is 0 Å². The zero-order valence-electron chi connectivity index (χ0n) is 18.5. The van der Waals surface area contributed by atoms with E-state index in [1.54, 1.807) is 25.4 Å². The lowest BCUT2D eigenvalue weighted by Gasteiger charge is -2.40. The van der Waals surface area contributed by atoms with Gasteiger partial charge in [0.1, 0.15) is 0 Å². The van der Waals surface area contributed by atoms with Crippen molar-refractivity contribution in [3.8, 4) is 5.88 Å². The topological polar surface area (TPSA) is 75.2 Å². The van der Waals surface area contributed by atoms with Gasteiger partial charge in [0.15, 0.2) is 0 Å². The van der Waals surface area contributed by atoms with E-state index in [-0.39, 0.29) is 23.8 Å². The van der Waals surface area contributed by atoms with Crippen LogP contribution in [-0.2, 0) is 9.53 Å². The lowest BCUT2D eigenvalue weighted by atomic mass is 10.0. The summed E-state index contributed by atoms with van der Waals surface area (Å²) in [4.78, 5) is 36.6. The van der Waals surface area contributed by atoms with Crippen molar-refractivity contribution in [2.24, 2.45) is 5.92 Å². The number of carbonyl (C=O) groups is 2. The Morgan fingerprint density at radius 1 is 1.19 bits per heavy atom. The number of pyridine rings is 1. The van der Waals surface area contributed by atoms with E-state index in [2.05, 4.69) is 14.8 Å². The second-order valence-electron chi connectivity index (χ2n) is 8.75. The van der Waals surface area contributed by atoms with Crippen molar-refractivity contribution in [1.29, 1.82) is 0 Å². The molecule has 1 aliphatic carbocycles. The average Bonchev–Trinajstić information content (AvgIpc) is 3.67. The highest BCUT2D eigenvalue weighted by atomic mass is 16.5. The van der Waals surface area contributed by atoms with Gasteiger partial charge in [0.25, 0.3) is 5.91 Å². The van der Waals surface area contributed by atoms with Gasteiger partial charge in [0.05, 0.1) is 25.9 Å². The van der Waals surface area contributed by atoms with Gasteiger partial charge in [-0.15, -0.1) is 0 Å². The first-order chi connectivity index (χ1) is 15.2. The van der Waals surface area contributed by atoms with Gasteiger partial charge in [-0.05, 0) is 38.2 Å². The maximum Gasteiger partial charge on any atom is 0.255 e. The van der Waals surface area contributed by atoms with Gasteiger partial charge < -0.3 is 19.3 Å². The summed E-state index contributed by atoms with van der Waals surface area (Å²) < 4.78 is 10.5. The summed E-state index contributed by atoms with van der Waals surface area (Å²) >= 11 is 0. The van der Waals surface area contributed by atoms with Crippen molar-refractivity contribution in [3.05, 3.63) is 23.9 Å². The van der Waals surface area contributed by atoms with Crippen molar-refractivity contribution in [2.75, 3.05) is 59.6 Å². The van der Waals surface area contributed by atoms with Crippen LogP contribution in [0, 0.1) is 5.92 Å². The number of aromatic nitrogens is 1. The smallest absolute Gasteiger partial charge is 0.255 e. The molecular weight excluding hydrogens is 396 g/mol. The number of likely N-dealkylation sites (tertiary alicyclic amines) is 1. The molecule has 0 radical (unpaired) electrons. The Kier molecular flexibility index (Phi) is 7.40. The molecule has 31 heavy (non-hydrogen) atoms. The van der Waals surface area contributed by atoms with E-state index in [0.717, 1.165) is 78.0 Å². The fourth-order valence-corrected chi connectivity index (χ4v) is 4.53. The molecular formula is C23H34N4O4. The van der Waals surface area contributed by atoms with Crippen molar-refractivity contribution in [3.63, 3.8) is 0 Å². The number of methoxy groups -OCH3 is 1. The molecule has 0 aromatic carbocycles. The van der Waals surface area contributed by atoms with Crippen LogP contribution in [0.1, 0.15) is 42.5 Å². The predicted octanol–water partition coefficient (Wildman–Crippen LogP) is 1.66.